The smallest absolute Gasteiger partial charge is 0.319 e. The highest BCUT2D eigenvalue weighted by atomic mass is 19.1. The van der Waals surface area contributed by atoms with Crippen molar-refractivity contribution in [1.82, 2.24) is 15.2 Å². The molecule has 0 aromatic carbocycles. The molecule has 0 unspecified atom stereocenters. The molecule has 0 radical (unpaired) electrons. The van der Waals surface area contributed by atoms with Crippen molar-refractivity contribution in [2.45, 2.75) is 24.9 Å². The van der Waals surface area contributed by atoms with E-state index >= 15 is 0 Å². The van der Waals surface area contributed by atoms with Crippen LogP contribution in [-0.2, 0) is 4.74 Å². The van der Waals surface area contributed by atoms with E-state index in [1.54, 1.807) is 0 Å². The lowest BCUT2D eigenvalue weighted by molar-refractivity contribution is 0.159. The van der Waals surface area contributed by atoms with Gasteiger partial charge in [0, 0.05) is 0 Å². The van der Waals surface area contributed by atoms with Gasteiger partial charge in [0.15, 0.2) is 0 Å². The zero-order valence-corrected chi connectivity index (χ0v) is 11.7. The normalized spacial score (nSPS) is 26.0. The zero-order chi connectivity index (χ0) is 14.7. The van der Waals surface area contributed by atoms with Gasteiger partial charge in [0.2, 0.25) is 5.95 Å². The lowest BCUT2D eigenvalue weighted by Crippen LogP contribution is -2.51. The lowest BCUT2D eigenvalue weighted by atomic mass is 10.1. The summed E-state index contributed by atoms with van der Waals surface area (Å²) in [4.78, 5) is 17.9. The molecule has 2 atom stereocenters. The number of hydrogen-bond donors (Lipinski definition) is 2. The Labute approximate surface area is 122 Å². The third kappa shape index (κ3) is 3.48. The van der Waals surface area contributed by atoms with E-state index in [1.807, 2.05) is 0 Å². The fourth-order valence-electron chi connectivity index (χ4n) is 2.90. The molecule has 0 spiro atoms. The van der Waals surface area contributed by atoms with Crippen LogP contribution in [0.4, 0.5) is 14.9 Å². The van der Waals surface area contributed by atoms with Crippen LogP contribution in [-0.4, -0.2) is 54.3 Å². The number of carbonyl (C=O) groups is 1. The van der Waals surface area contributed by atoms with Gasteiger partial charge in [0.05, 0.1) is 37.2 Å². The molecule has 21 heavy (non-hydrogen) atoms. The number of carbonyl (C=O) groups excluding carboxylic acids is 1. The summed E-state index contributed by atoms with van der Waals surface area (Å²) in [6.45, 7) is 3.31. The number of aromatic nitrogens is 1. The molecule has 0 aliphatic carbocycles. The van der Waals surface area contributed by atoms with Gasteiger partial charge in [-0.15, -0.1) is 0 Å². The van der Waals surface area contributed by atoms with Crippen molar-refractivity contribution in [3.05, 3.63) is 24.3 Å². The number of amides is 2. The summed E-state index contributed by atoms with van der Waals surface area (Å²) >= 11 is 0. The third-order valence-electron chi connectivity index (χ3n) is 3.96. The molecule has 114 valence electrons. The van der Waals surface area contributed by atoms with E-state index in [4.69, 9.17) is 4.74 Å². The van der Waals surface area contributed by atoms with Gasteiger partial charge in [0.1, 0.15) is 0 Å². The van der Waals surface area contributed by atoms with Crippen molar-refractivity contribution in [3.63, 3.8) is 0 Å². The molecule has 2 N–H and O–H groups in total. The summed E-state index contributed by atoms with van der Waals surface area (Å²) in [6, 6.07) is 2.59. The first-order chi connectivity index (χ1) is 10.2. The fraction of sp³-hybridized carbons (Fsp3) is 0.571. The van der Waals surface area contributed by atoms with Gasteiger partial charge in [-0.2, -0.15) is 4.39 Å². The van der Waals surface area contributed by atoms with E-state index in [1.165, 1.54) is 31.2 Å². The number of nitrogens with zero attached hydrogens (tertiary/aromatic N) is 2. The van der Waals surface area contributed by atoms with Crippen LogP contribution in [0.15, 0.2) is 18.3 Å². The Morgan fingerprint density at radius 1 is 1.33 bits per heavy atom. The molecule has 3 heterocycles. The molecule has 0 bridgehead atoms. The quantitative estimate of drug-likeness (QED) is 0.822. The van der Waals surface area contributed by atoms with E-state index in [0.717, 1.165) is 13.1 Å². The second-order valence-corrected chi connectivity index (χ2v) is 5.42. The maximum Gasteiger partial charge on any atom is 0.319 e. The van der Waals surface area contributed by atoms with E-state index < -0.39 is 5.95 Å². The number of nitrogens with one attached hydrogen (secondary N) is 2. The number of anilines is 1. The molecule has 2 amide bonds. The number of pyridine rings is 1. The Bertz CT molecular complexity index is 490. The summed E-state index contributed by atoms with van der Waals surface area (Å²) in [5.41, 5.74) is 0.463. The highest BCUT2D eigenvalue weighted by molar-refractivity contribution is 5.89. The Morgan fingerprint density at radius 2 is 2.14 bits per heavy atom. The third-order valence-corrected chi connectivity index (χ3v) is 3.96. The monoisotopic (exact) mass is 294 g/mol. The lowest BCUT2D eigenvalue weighted by Gasteiger charge is -2.27. The predicted octanol–water partition coefficient (Wildman–Crippen LogP) is 1.21. The van der Waals surface area contributed by atoms with Crippen LogP contribution < -0.4 is 10.6 Å². The molecule has 2 aliphatic heterocycles. The van der Waals surface area contributed by atoms with Crippen molar-refractivity contribution >= 4 is 11.7 Å². The van der Waals surface area contributed by atoms with Gasteiger partial charge in [-0.1, -0.05) is 0 Å². The maximum absolute atomic E-state index is 12.7. The first-order valence-corrected chi connectivity index (χ1v) is 7.23. The Hall–Kier alpha value is -1.73. The number of ether oxygens (including phenoxy) is 1. The van der Waals surface area contributed by atoms with Crippen molar-refractivity contribution in [2.75, 3.05) is 31.6 Å². The number of halogens is 1. The fourth-order valence-corrected chi connectivity index (χ4v) is 2.90. The Balaban J connectivity index is 1.54. The van der Waals surface area contributed by atoms with Crippen molar-refractivity contribution in [2.24, 2.45) is 0 Å². The Kier molecular flexibility index (Phi) is 4.31. The molecule has 1 aromatic rings. The molecule has 0 saturated carbocycles. The highest BCUT2D eigenvalue weighted by Gasteiger charge is 2.35. The van der Waals surface area contributed by atoms with Gasteiger partial charge in [-0.3, -0.25) is 4.90 Å². The number of urea groups is 1. The standard InChI is InChI=1S/C14H19FN4O2/c15-13-4-3-10(7-16-13)17-14(20)18-11-8-21-9-12(11)19-5-1-2-6-19/h3-4,7,11-12H,1-2,5-6,8-9H2,(H2,17,18,20)/t11-,12-/m0/s1. The molecule has 2 saturated heterocycles. The number of likely N-dealkylation sites (tertiary alicyclic amines) is 1. The molecular formula is C14H19FN4O2. The van der Waals surface area contributed by atoms with E-state index in [2.05, 4.69) is 20.5 Å². The van der Waals surface area contributed by atoms with Gasteiger partial charge in [-0.05, 0) is 38.1 Å². The van der Waals surface area contributed by atoms with E-state index in [-0.39, 0.29) is 18.1 Å². The van der Waals surface area contributed by atoms with Gasteiger partial charge < -0.3 is 15.4 Å². The minimum absolute atomic E-state index is 0.0171. The number of rotatable bonds is 3. The van der Waals surface area contributed by atoms with Crippen LogP contribution in [0.5, 0.6) is 0 Å². The van der Waals surface area contributed by atoms with Crippen molar-refractivity contribution < 1.29 is 13.9 Å². The maximum atomic E-state index is 12.7. The van der Waals surface area contributed by atoms with Crippen molar-refractivity contribution in [3.8, 4) is 0 Å². The second-order valence-electron chi connectivity index (χ2n) is 5.42. The summed E-state index contributed by atoms with van der Waals surface area (Å²) in [7, 11) is 0. The summed E-state index contributed by atoms with van der Waals surface area (Å²) < 4.78 is 18.2. The largest absolute Gasteiger partial charge is 0.378 e. The highest BCUT2D eigenvalue weighted by Crippen LogP contribution is 2.19. The predicted molar refractivity (Wildman–Crippen MR) is 75.6 cm³/mol. The molecule has 7 heteroatoms. The van der Waals surface area contributed by atoms with Gasteiger partial charge in [-0.25, -0.2) is 9.78 Å². The van der Waals surface area contributed by atoms with Crippen LogP contribution >= 0.6 is 0 Å². The second kappa shape index (κ2) is 6.36. The van der Waals surface area contributed by atoms with E-state index in [9.17, 15) is 9.18 Å². The molecule has 1 aromatic heterocycles. The average Bonchev–Trinajstić information content (AvgIpc) is 3.11. The summed E-state index contributed by atoms with van der Waals surface area (Å²) in [5, 5.41) is 5.58. The summed E-state index contributed by atoms with van der Waals surface area (Å²) in [5.74, 6) is -0.570. The topological polar surface area (TPSA) is 66.5 Å². The minimum atomic E-state index is -0.570. The SMILES string of the molecule is O=C(Nc1ccc(F)nc1)N[C@H]1COC[C@@H]1N1CCCC1. The first kappa shape index (κ1) is 14.2. The van der Waals surface area contributed by atoms with Crippen LogP contribution in [0, 0.1) is 5.95 Å². The van der Waals surface area contributed by atoms with Crippen LogP contribution in [0.25, 0.3) is 0 Å². The molecular weight excluding hydrogens is 275 g/mol. The average molecular weight is 294 g/mol. The summed E-state index contributed by atoms with van der Waals surface area (Å²) in [6.07, 6.45) is 3.70. The van der Waals surface area contributed by atoms with Crippen molar-refractivity contribution in [1.29, 1.82) is 0 Å². The van der Waals surface area contributed by atoms with Crippen LogP contribution in [0.1, 0.15) is 12.8 Å². The zero-order valence-electron chi connectivity index (χ0n) is 11.7. The van der Waals surface area contributed by atoms with Crippen LogP contribution in [0.3, 0.4) is 0 Å². The molecule has 3 rings (SSSR count). The molecule has 2 aliphatic rings. The minimum Gasteiger partial charge on any atom is -0.378 e. The number of hydrogen-bond acceptors (Lipinski definition) is 4. The van der Waals surface area contributed by atoms with Crippen LogP contribution in [0.2, 0.25) is 0 Å². The Morgan fingerprint density at radius 3 is 2.86 bits per heavy atom. The molecule has 2 fully saturated rings. The van der Waals surface area contributed by atoms with Gasteiger partial charge >= 0.3 is 6.03 Å². The van der Waals surface area contributed by atoms with Gasteiger partial charge in [0.25, 0.3) is 0 Å². The molecule has 6 nitrogen and oxygen atoms in total. The first-order valence-electron chi connectivity index (χ1n) is 7.23. The van der Waals surface area contributed by atoms with E-state index in [0.29, 0.717) is 18.9 Å².